The van der Waals surface area contributed by atoms with Crippen LogP contribution in [0.2, 0.25) is 0 Å². The fourth-order valence-corrected chi connectivity index (χ4v) is 2.96. The van der Waals surface area contributed by atoms with Crippen LogP contribution in [0.15, 0.2) is 28.2 Å². The van der Waals surface area contributed by atoms with E-state index in [2.05, 4.69) is 15.7 Å². The summed E-state index contributed by atoms with van der Waals surface area (Å²) < 4.78 is 5.26. The van der Waals surface area contributed by atoms with Crippen molar-refractivity contribution >= 4 is 11.3 Å². The molecule has 0 atom stereocenters. The molecule has 2 heterocycles. The van der Waals surface area contributed by atoms with E-state index in [0.29, 0.717) is 0 Å². The van der Waals surface area contributed by atoms with Crippen LogP contribution in [0.3, 0.4) is 0 Å². The Morgan fingerprint density at radius 2 is 2.35 bits per heavy atom. The highest BCUT2D eigenvalue weighted by molar-refractivity contribution is 7.09. The van der Waals surface area contributed by atoms with Crippen LogP contribution in [0.5, 0.6) is 0 Å². The molecule has 2 aromatic rings. The molecule has 0 unspecified atom stereocenters. The standard InChI is InChI=1S/C13H16N2OS/c1-3-10(4-1)13-15-11(9-17-13)7-14-8-12-5-2-6-16-12/h2,5-6,9-10,14H,1,3-4,7-8H2. The molecule has 0 amide bonds. The zero-order valence-electron chi connectivity index (χ0n) is 9.69. The Morgan fingerprint density at radius 1 is 1.41 bits per heavy atom. The molecule has 2 aromatic heterocycles. The molecule has 4 heteroatoms. The van der Waals surface area contributed by atoms with Crippen LogP contribution in [0.4, 0.5) is 0 Å². The van der Waals surface area contributed by atoms with Crippen LogP contribution in [0, 0.1) is 0 Å². The lowest BCUT2D eigenvalue weighted by Crippen LogP contribution is -2.13. The second kappa shape index (κ2) is 5.02. The summed E-state index contributed by atoms with van der Waals surface area (Å²) >= 11 is 1.81. The summed E-state index contributed by atoms with van der Waals surface area (Å²) in [6.45, 7) is 1.59. The summed E-state index contributed by atoms with van der Waals surface area (Å²) in [7, 11) is 0. The molecule has 1 saturated carbocycles. The Morgan fingerprint density at radius 3 is 3.06 bits per heavy atom. The topological polar surface area (TPSA) is 38.1 Å². The van der Waals surface area contributed by atoms with E-state index in [1.165, 1.54) is 24.3 Å². The Balaban J connectivity index is 1.49. The lowest BCUT2D eigenvalue weighted by atomic mass is 9.86. The van der Waals surface area contributed by atoms with Gasteiger partial charge in [0.1, 0.15) is 5.76 Å². The molecule has 3 nitrogen and oxygen atoms in total. The molecule has 0 bridgehead atoms. The van der Waals surface area contributed by atoms with Crippen molar-refractivity contribution < 1.29 is 4.42 Å². The van der Waals surface area contributed by atoms with Crippen molar-refractivity contribution in [3.63, 3.8) is 0 Å². The number of thiazole rings is 1. The van der Waals surface area contributed by atoms with Gasteiger partial charge in [0.15, 0.2) is 0 Å². The quantitative estimate of drug-likeness (QED) is 0.882. The first-order valence-corrected chi connectivity index (χ1v) is 6.97. The van der Waals surface area contributed by atoms with Gasteiger partial charge in [-0.15, -0.1) is 11.3 Å². The van der Waals surface area contributed by atoms with E-state index in [0.717, 1.165) is 30.5 Å². The van der Waals surface area contributed by atoms with Gasteiger partial charge in [-0.05, 0) is 25.0 Å². The van der Waals surface area contributed by atoms with Crippen molar-refractivity contribution in [3.05, 3.63) is 40.2 Å². The minimum Gasteiger partial charge on any atom is -0.468 e. The van der Waals surface area contributed by atoms with Gasteiger partial charge in [-0.3, -0.25) is 0 Å². The first kappa shape index (κ1) is 11.0. The zero-order valence-corrected chi connectivity index (χ0v) is 10.5. The highest BCUT2D eigenvalue weighted by Gasteiger charge is 2.22. The minimum atomic E-state index is 0.749. The fourth-order valence-electron chi connectivity index (χ4n) is 1.97. The maximum absolute atomic E-state index is 5.26. The van der Waals surface area contributed by atoms with Crippen LogP contribution in [-0.4, -0.2) is 4.98 Å². The highest BCUT2D eigenvalue weighted by Crippen LogP contribution is 2.37. The third-order valence-corrected chi connectivity index (χ3v) is 4.27. The average Bonchev–Trinajstić information content (AvgIpc) is 2.87. The van der Waals surface area contributed by atoms with Crippen LogP contribution in [0.1, 0.15) is 41.6 Å². The highest BCUT2D eigenvalue weighted by atomic mass is 32.1. The van der Waals surface area contributed by atoms with Crippen molar-refractivity contribution in [3.8, 4) is 0 Å². The molecule has 0 aromatic carbocycles. The number of aromatic nitrogens is 1. The molecule has 1 N–H and O–H groups in total. The zero-order chi connectivity index (χ0) is 11.5. The van der Waals surface area contributed by atoms with Crippen LogP contribution < -0.4 is 5.32 Å². The van der Waals surface area contributed by atoms with E-state index in [1.54, 1.807) is 17.6 Å². The van der Waals surface area contributed by atoms with E-state index in [-0.39, 0.29) is 0 Å². The minimum absolute atomic E-state index is 0.749. The van der Waals surface area contributed by atoms with Gasteiger partial charge in [0, 0.05) is 17.8 Å². The number of nitrogens with zero attached hydrogens (tertiary/aromatic N) is 1. The van der Waals surface area contributed by atoms with Gasteiger partial charge < -0.3 is 9.73 Å². The predicted molar refractivity (Wildman–Crippen MR) is 68.0 cm³/mol. The van der Waals surface area contributed by atoms with E-state index < -0.39 is 0 Å². The van der Waals surface area contributed by atoms with Gasteiger partial charge in [-0.2, -0.15) is 0 Å². The molecule has 3 rings (SSSR count). The Bertz CT molecular complexity index is 459. The number of furan rings is 1. The summed E-state index contributed by atoms with van der Waals surface area (Å²) in [6, 6.07) is 3.89. The predicted octanol–water partition coefficient (Wildman–Crippen LogP) is 3.29. The second-order valence-electron chi connectivity index (χ2n) is 4.49. The molecule has 0 radical (unpaired) electrons. The van der Waals surface area contributed by atoms with Crippen LogP contribution in [0.25, 0.3) is 0 Å². The normalized spacial score (nSPS) is 16.0. The molecule has 0 spiro atoms. The van der Waals surface area contributed by atoms with Gasteiger partial charge in [-0.1, -0.05) is 6.42 Å². The molecule has 0 aliphatic heterocycles. The summed E-state index contributed by atoms with van der Waals surface area (Å²) in [5.74, 6) is 1.72. The molecule has 90 valence electrons. The van der Waals surface area contributed by atoms with E-state index in [1.807, 2.05) is 12.1 Å². The third kappa shape index (κ3) is 2.58. The number of hydrogen-bond donors (Lipinski definition) is 1. The molecule has 1 fully saturated rings. The summed E-state index contributed by atoms with van der Waals surface area (Å²) in [6.07, 6.45) is 5.73. The largest absolute Gasteiger partial charge is 0.468 e. The second-order valence-corrected chi connectivity index (χ2v) is 5.38. The van der Waals surface area contributed by atoms with E-state index in [4.69, 9.17) is 4.42 Å². The molecule has 17 heavy (non-hydrogen) atoms. The monoisotopic (exact) mass is 248 g/mol. The van der Waals surface area contributed by atoms with E-state index in [9.17, 15) is 0 Å². The number of rotatable bonds is 5. The Labute approximate surface area is 105 Å². The van der Waals surface area contributed by atoms with Crippen LogP contribution >= 0.6 is 11.3 Å². The third-order valence-electron chi connectivity index (χ3n) is 3.21. The number of nitrogens with one attached hydrogen (secondary N) is 1. The Kier molecular flexibility index (Phi) is 3.25. The fraction of sp³-hybridized carbons (Fsp3) is 0.462. The molecule has 1 aliphatic carbocycles. The average molecular weight is 248 g/mol. The molecule has 1 aliphatic rings. The first-order valence-electron chi connectivity index (χ1n) is 6.09. The Hall–Kier alpha value is -1.13. The smallest absolute Gasteiger partial charge is 0.117 e. The maximum atomic E-state index is 5.26. The van der Waals surface area contributed by atoms with Crippen molar-refractivity contribution in [2.75, 3.05) is 0 Å². The van der Waals surface area contributed by atoms with Crippen molar-refractivity contribution in [1.29, 1.82) is 0 Å². The summed E-state index contributed by atoms with van der Waals surface area (Å²) in [4.78, 5) is 4.68. The van der Waals surface area contributed by atoms with Crippen molar-refractivity contribution in [2.45, 2.75) is 38.3 Å². The first-order chi connectivity index (χ1) is 8.42. The summed E-state index contributed by atoms with van der Waals surface area (Å²) in [5, 5.41) is 6.84. The van der Waals surface area contributed by atoms with Crippen molar-refractivity contribution in [1.82, 2.24) is 10.3 Å². The number of hydrogen-bond acceptors (Lipinski definition) is 4. The molecule has 0 saturated heterocycles. The van der Waals surface area contributed by atoms with Crippen LogP contribution in [-0.2, 0) is 13.1 Å². The summed E-state index contributed by atoms with van der Waals surface area (Å²) in [5.41, 5.74) is 1.16. The van der Waals surface area contributed by atoms with Gasteiger partial charge in [0.05, 0.1) is 23.5 Å². The van der Waals surface area contributed by atoms with Gasteiger partial charge in [-0.25, -0.2) is 4.98 Å². The lowest BCUT2D eigenvalue weighted by molar-refractivity contribution is 0.417. The maximum Gasteiger partial charge on any atom is 0.117 e. The molecular formula is C13H16N2OS. The lowest BCUT2D eigenvalue weighted by Gasteiger charge is -2.22. The van der Waals surface area contributed by atoms with Gasteiger partial charge in [0.2, 0.25) is 0 Å². The van der Waals surface area contributed by atoms with E-state index >= 15 is 0 Å². The molecular weight excluding hydrogens is 232 g/mol. The SMILES string of the molecule is c1coc(CNCc2csc(C3CCC3)n2)c1. The van der Waals surface area contributed by atoms with Gasteiger partial charge in [0.25, 0.3) is 0 Å². The van der Waals surface area contributed by atoms with Gasteiger partial charge >= 0.3 is 0 Å². The van der Waals surface area contributed by atoms with Crippen molar-refractivity contribution in [2.24, 2.45) is 0 Å².